The van der Waals surface area contributed by atoms with Crippen molar-refractivity contribution in [2.75, 3.05) is 11.4 Å². The molecule has 2 atom stereocenters. The van der Waals surface area contributed by atoms with Gasteiger partial charge in [0.2, 0.25) is 5.91 Å². The van der Waals surface area contributed by atoms with E-state index in [0.29, 0.717) is 12.1 Å². The smallest absolute Gasteiger partial charge is 0.323 e. The van der Waals surface area contributed by atoms with Crippen LogP contribution in [0.5, 0.6) is 0 Å². The van der Waals surface area contributed by atoms with Gasteiger partial charge >= 0.3 is 5.97 Å². The summed E-state index contributed by atoms with van der Waals surface area (Å²) in [6.45, 7) is 1.50. The molecule has 5 heteroatoms. The van der Waals surface area contributed by atoms with E-state index >= 15 is 0 Å². The highest BCUT2D eigenvalue weighted by Gasteiger charge is 2.45. The van der Waals surface area contributed by atoms with Gasteiger partial charge in [-0.15, -0.1) is 0 Å². The van der Waals surface area contributed by atoms with Gasteiger partial charge in [-0.05, 0) is 31.9 Å². The lowest BCUT2D eigenvalue weighted by atomic mass is 9.83. The van der Waals surface area contributed by atoms with Gasteiger partial charge in [-0.1, -0.05) is 24.6 Å². The Labute approximate surface area is 118 Å². The number of hydrogen-bond donors (Lipinski definition) is 2. The Balaban J connectivity index is 2.32. The van der Waals surface area contributed by atoms with Gasteiger partial charge in [0.15, 0.2) is 0 Å². The average molecular weight is 276 g/mol. The van der Waals surface area contributed by atoms with Gasteiger partial charge in [0.25, 0.3) is 0 Å². The van der Waals surface area contributed by atoms with Crippen LogP contribution < -0.4 is 10.6 Å². The molecule has 5 nitrogen and oxygen atoms in total. The maximum Gasteiger partial charge on any atom is 0.323 e. The average Bonchev–Trinajstić information content (AvgIpc) is 2.77. The lowest BCUT2D eigenvalue weighted by molar-refractivity contribution is -0.138. The Hall–Kier alpha value is -1.88. The van der Waals surface area contributed by atoms with Gasteiger partial charge in [-0.25, -0.2) is 0 Å². The maximum absolute atomic E-state index is 12.8. The van der Waals surface area contributed by atoms with Gasteiger partial charge in [0.1, 0.15) is 6.54 Å². The van der Waals surface area contributed by atoms with Crippen LogP contribution in [0.2, 0.25) is 0 Å². The van der Waals surface area contributed by atoms with Crippen molar-refractivity contribution in [2.45, 2.75) is 32.2 Å². The van der Waals surface area contributed by atoms with E-state index in [0.717, 1.165) is 12.8 Å². The summed E-state index contributed by atoms with van der Waals surface area (Å²) >= 11 is 0. The number of nitrogens with two attached hydrogens (primary N) is 1. The third-order valence-electron chi connectivity index (χ3n) is 4.12. The summed E-state index contributed by atoms with van der Waals surface area (Å²) in [5.41, 5.74) is 5.99. The minimum absolute atomic E-state index is 0.198. The number of carboxylic acid groups (broad SMARTS) is 1. The summed E-state index contributed by atoms with van der Waals surface area (Å²) < 4.78 is 0. The van der Waals surface area contributed by atoms with Crippen molar-refractivity contribution in [1.82, 2.24) is 0 Å². The summed E-state index contributed by atoms with van der Waals surface area (Å²) in [6, 6.07) is 8.67. The van der Waals surface area contributed by atoms with Gasteiger partial charge in [-0.3, -0.25) is 9.59 Å². The molecule has 0 aromatic heterocycles. The number of aliphatic carboxylic acids is 1. The standard InChI is InChI=1S/C15H20N2O3/c1-15(9-5-8-12(15)16)14(20)17(10-13(18)19)11-6-3-2-4-7-11/h2-4,6-7,12H,5,8-10,16H2,1H3,(H,18,19). The number of para-hydroxylation sites is 1. The van der Waals surface area contributed by atoms with Crippen molar-refractivity contribution < 1.29 is 14.7 Å². The van der Waals surface area contributed by atoms with Crippen LogP contribution in [-0.4, -0.2) is 29.6 Å². The Bertz CT molecular complexity index is 503. The van der Waals surface area contributed by atoms with Gasteiger partial charge < -0.3 is 15.7 Å². The van der Waals surface area contributed by atoms with Crippen LogP contribution in [0, 0.1) is 5.41 Å². The van der Waals surface area contributed by atoms with Crippen molar-refractivity contribution in [1.29, 1.82) is 0 Å². The first-order valence-corrected chi connectivity index (χ1v) is 6.79. The van der Waals surface area contributed by atoms with Crippen LogP contribution in [0.1, 0.15) is 26.2 Å². The fraction of sp³-hybridized carbons (Fsp3) is 0.467. The van der Waals surface area contributed by atoms with E-state index in [1.54, 1.807) is 24.3 Å². The predicted octanol–water partition coefficient (Wildman–Crippen LogP) is 1.62. The molecule has 1 saturated carbocycles. The minimum Gasteiger partial charge on any atom is -0.480 e. The van der Waals surface area contributed by atoms with Gasteiger partial charge in [0, 0.05) is 11.7 Å². The van der Waals surface area contributed by atoms with Crippen molar-refractivity contribution >= 4 is 17.6 Å². The Morgan fingerprint density at radius 3 is 2.55 bits per heavy atom. The largest absolute Gasteiger partial charge is 0.480 e. The van der Waals surface area contributed by atoms with Crippen molar-refractivity contribution in [2.24, 2.45) is 11.1 Å². The summed E-state index contributed by atoms with van der Waals surface area (Å²) in [5, 5.41) is 9.06. The van der Waals surface area contributed by atoms with Crippen LogP contribution in [-0.2, 0) is 9.59 Å². The highest BCUT2D eigenvalue weighted by atomic mass is 16.4. The minimum atomic E-state index is -1.03. The van der Waals surface area contributed by atoms with Crippen LogP contribution in [0.15, 0.2) is 30.3 Å². The van der Waals surface area contributed by atoms with E-state index in [-0.39, 0.29) is 18.5 Å². The van der Waals surface area contributed by atoms with Crippen LogP contribution in [0.3, 0.4) is 0 Å². The monoisotopic (exact) mass is 276 g/mol. The van der Waals surface area contributed by atoms with Crippen molar-refractivity contribution in [3.63, 3.8) is 0 Å². The number of amides is 1. The molecule has 0 heterocycles. The third kappa shape index (κ3) is 2.67. The lowest BCUT2D eigenvalue weighted by Gasteiger charge is -2.33. The quantitative estimate of drug-likeness (QED) is 0.875. The molecule has 2 rings (SSSR count). The number of anilines is 1. The highest BCUT2D eigenvalue weighted by molar-refractivity contribution is 6.01. The molecule has 1 aromatic rings. The number of carbonyl (C=O) groups is 2. The molecule has 1 fully saturated rings. The topological polar surface area (TPSA) is 83.6 Å². The van der Waals surface area contributed by atoms with E-state index in [1.807, 2.05) is 13.0 Å². The van der Waals surface area contributed by atoms with Crippen LogP contribution in [0.4, 0.5) is 5.69 Å². The van der Waals surface area contributed by atoms with E-state index in [9.17, 15) is 9.59 Å². The lowest BCUT2D eigenvalue weighted by Crippen LogP contribution is -2.50. The van der Waals surface area contributed by atoms with Crippen molar-refractivity contribution in [3.05, 3.63) is 30.3 Å². The molecule has 1 amide bonds. The molecule has 1 aliphatic carbocycles. The van der Waals surface area contributed by atoms with Crippen LogP contribution in [0.25, 0.3) is 0 Å². The Morgan fingerprint density at radius 1 is 1.40 bits per heavy atom. The predicted molar refractivity (Wildman–Crippen MR) is 76.4 cm³/mol. The maximum atomic E-state index is 12.8. The zero-order chi connectivity index (χ0) is 14.8. The first-order valence-electron chi connectivity index (χ1n) is 6.79. The summed E-state index contributed by atoms with van der Waals surface area (Å²) in [7, 11) is 0. The molecule has 1 aliphatic rings. The molecule has 2 unspecified atom stereocenters. The van der Waals surface area contributed by atoms with E-state index < -0.39 is 11.4 Å². The SMILES string of the molecule is CC1(C(=O)N(CC(=O)O)c2ccccc2)CCCC1N. The highest BCUT2D eigenvalue weighted by Crippen LogP contribution is 2.39. The fourth-order valence-electron chi connectivity index (χ4n) is 2.79. The molecular weight excluding hydrogens is 256 g/mol. The van der Waals surface area contributed by atoms with Gasteiger partial charge in [0.05, 0.1) is 5.41 Å². The normalized spacial score (nSPS) is 25.4. The van der Waals surface area contributed by atoms with Crippen molar-refractivity contribution in [3.8, 4) is 0 Å². The molecule has 3 N–H and O–H groups in total. The van der Waals surface area contributed by atoms with E-state index in [2.05, 4.69) is 0 Å². The molecule has 0 radical (unpaired) electrons. The van der Waals surface area contributed by atoms with Gasteiger partial charge in [-0.2, -0.15) is 0 Å². The zero-order valence-corrected chi connectivity index (χ0v) is 11.6. The summed E-state index contributed by atoms with van der Waals surface area (Å²) in [5.74, 6) is -1.23. The first-order chi connectivity index (χ1) is 9.45. The number of carbonyl (C=O) groups excluding carboxylic acids is 1. The molecule has 0 saturated heterocycles. The third-order valence-corrected chi connectivity index (χ3v) is 4.12. The van der Waals surface area contributed by atoms with E-state index in [1.165, 1.54) is 4.90 Å². The zero-order valence-electron chi connectivity index (χ0n) is 11.6. The molecule has 108 valence electrons. The number of hydrogen-bond acceptors (Lipinski definition) is 3. The van der Waals surface area contributed by atoms with Crippen LogP contribution >= 0.6 is 0 Å². The van der Waals surface area contributed by atoms with E-state index in [4.69, 9.17) is 10.8 Å². The second kappa shape index (κ2) is 5.63. The fourth-order valence-corrected chi connectivity index (χ4v) is 2.79. The first kappa shape index (κ1) is 14.5. The molecule has 0 aliphatic heterocycles. The molecule has 20 heavy (non-hydrogen) atoms. The Morgan fingerprint density at radius 2 is 2.05 bits per heavy atom. The number of nitrogens with zero attached hydrogens (tertiary/aromatic N) is 1. The number of rotatable bonds is 4. The molecule has 1 aromatic carbocycles. The number of carboxylic acids is 1. The second-order valence-electron chi connectivity index (χ2n) is 5.54. The molecule has 0 spiro atoms. The number of benzene rings is 1. The molecular formula is C15H20N2O3. The summed E-state index contributed by atoms with van der Waals surface area (Å²) in [4.78, 5) is 25.2. The summed E-state index contributed by atoms with van der Waals surface area (Å²) in [6.07, 6.45) is 2.41. The molecule has 0 bridgehead atoms. The second-order valence-corrected chi connectivity index (χ2v) is 5.54. The Kier molecular flexibility index (Phi) is 4.09.